The minimum atomic E-state index is -0.886. The Kier molecular flexibility index (Phi) is 6.26. The lowest BCUT2D eigenvalue weighted by Gasteiger charge is -2.17. The molecular formula is C22H20N2O6. The monoisotopic (exact) mass is 408 g/mol. The second-order valence-electron chi connectivity index (χ2n) is 6.58. The Hall–Kier alpha value is -3.94. The second-order valence-corrected chi connectivity index (χ2v) is 6.58. The van der Waals surface area contributed by atoms with Gasteiger partial charge in [0.1, 0.15) is 11.3 Å². The molecule has 30 heavy (non-hydrogen) atoms. The van der Waals surface area contributed by atoms with Crippen LogP contribution < -0.4 is 10.1 Å². The molecule has 3 rings (SSSR count). The normalized spacial score (nSPS) is 11.5. The van der Waals surface area contributed by atoms with Crippen molar-refractivity contribution in [3.05, 3.63) is 81.9 Å². The van der Waals surface area contributed by atoms with E-state index in [9.17, 15) is 19.7 Å². The van der Waals surface area contributed by atoms with Gasteiger partial charge in [0, 0.05) is 12.1 Å². The summed E-state index contributed by atoms with van der Waals surface area (Å²) in [5, 5.41) is 15.8. The highest BCUT2D eigenvalue weighted by Gasteiger charge is 2.20. The number of hydrogen-bond acceptors (Lipinski definition) is 6. The third kappa shape index (κ3) is 4.54. The molecule has 8 heteroatoms. The first kappa shape index (κ1) is 20.8. The molecule has 0 fully saturated rings. The maximum Gasteiger partial charge on any atom is 0.342 e. The number of nitrogens with zero attached hydrogens (tertiary/aromatic N) is 1. The fraction of sp³-hybridized carbons (Fsp3) is 0.182. The molecule has 0 saturated heterocycles. The Balaban J connectivity index is 1.66. The van der Waals surface area contributed by atoms with E-state index in [-0.39, 0.29) is 23.0 Å². The van der Waals surface area contributed by atoms with Crippen molar-refractivity contribution < 1.29 is 24.0 Å². The number of nitro benzene ring substituents is 1. The molecule has 3 aromatic carbocycles. The molecule has 3 aromatic rings. The first-order valence-corrected chi connectivity index (χ1v) is 9.17. The van der Waals surface area contributed by atoms with Crippen molar-refractivity contribution in [2.24, 2.45) is 0 Å². The first-order valence-electron chi connectivity index (χ1n) is 9.17. The molecule has 0 aromatic heterocycles. The van der Waals surface area contributed by atoms with Crippen LogP contribution in [0.3, 0.4) is 0 Å². The molecule has 0 heterocycles. The zero-order valence-electron chi connectivity index (χ0n) is 16.5. The van der Waals surface area contributed by atoms with Crippen molar-refractivity contribution in [2.45, 2.75) is 13.0 Å². The number of rotatable bonds is 7. The molecular weight excluding hydrogens is 388 g/mol. The van der Waals surface area contributed by atoms with Gasteiger partial charge in [0.05, 0.1) is 18.1 Å². The van der Waals surface area contributed by atoms with Crippen molar-refractivity contribution in [2.75, 3.05) is 13.7 Å². The number of ether oxygens (including phenoxy) is 2. The molecule has 0 saturated carbocycles. The van der Waals surface area contributed by atoms with E-state index in [1.54, 1.807) is 0 Å². The Labute approximate surface area is 172 Å². The van der Waals surface area contributed by atoms with Gasteiger partial charge < -0.3 is 14.8 Å². The average molecular weight is 408 g/mol. The number of carbonyl (C=O) groups is 2. The van der Waals surface area contributed by atoms with Crippen LogP contribution in [-0.2, 0) is 9.53 Å². The molecule has 0 aliphatic carbocycles. The smallest absolute Gasteiger partial charge is 0.342 e. The van der Waals surface area contributed by atoms with E-state index >= 15 is 0 Å². The SMILES string of the molecule is COc1ccc([N+](=O)[O-])cc1C(=O)OCC(=O)N[C@@H](C)c1cccc2ccccc12. The molecule has 1 atom stereocenters. The first-order chi connectivity index (χ1) is 14.4. The molecule has 0 aliphatic heterocycles. The zero-order valence-corrected chi connectivity index (χ0v) is 16.5. The Morgan fingerprint density at radius 2 is 1.83 bits per heavy atom. The second kappa shape index (κ2) is 9.04. The van der Waals surface area contributed by atoms with E-state index in [0.717, 1.165) is 22.4 Å². The Morgan fingerprint density at radius 1 is 1.10 bits per heavy atom. The van der Waals surface area contributed by atoms with Crippen LogP contribution in [0, 0.1) is 10.1 Å². The van der Waals surface area contributed by atoms with Crippen molar-refractivity contribution >= 4 is 28.3 Å². The van der Waals surface area contributed by atoms with Gasteiger partial charge in [-0.1, -0.05) is 42.5 Å². The van der Waals surface area contributed by atoms with Crippen LogP contribution in [0.2, 0.25) is 0 Å². The van der Waals surface area contributed by atoms with Gasteiger partial charge in [0.2, 0.25) is 0 Å². The highest BCUT2D eigenvalue weighted by molar-refractivity contribution is 5.95. The molecule has 0 spiro atoms. The highest BCUT2D eigenvalue weighted by atomic mass is 16.6. The number of non-ortho nitro benzene ring substituents is 1. The van der Waals surface area contributed by atoms with Gasteiger partial charge in [-0.05, 0) is 29.3 Å². The standard InChI is InChI=1S/C22H20N2O6/c1-14(17-9-5-7-15-6-3-4-8-18(15)17)23-21(25)13-30-22(26)19-12-16(24(27)28)10-11-20(19)29-2/h3-12,14H,13H2,1-2H3,(H,23,25)/t14-/m0/s1. The minimum Gasteiger partial charge on any atom is -0.496 e. The number of methoxy groups -OCH3 is 1. The van der Waals surface area contributed by atoms with Gasteiger partial charge >= 0.3 is 5.97 Å². The van der Waals surface area contributed by atoms with E-state index in [1.807, 2.05) is 49.4 Å². The molecule has 1 N–H and O–H groups in total. The number of hydrogen-bond donors (Lipinski definition) is 1. The summed E-state index contributed by atoms with van der Waals surface area (Å²) in [5.41, 5.74) is 0.534. The third-order valence-corrected chi connectivity index (χ3v) is 4.62. The Bertz CT molecular complexity index is 1110. The molecule has 0 bridgehead atoms. The maximum absolute atomic E-state index is 12.3. The number of benzene rings is 3. The van der Waals surface area contributed by atoms with E-state index in [1.165, 1.54) is 19.2 Å². The number of nitrogens with one attached hydrogen (secondary N) is 1. The van der Waals surface area contributed by atoms with Crippen LogP contribution in [0.5, 0.6) is 5.75 Å². The van der Waals surface area contributed by atoms with E-state index < -0.39 is 23.4 Å². The minimum absolute atomic E-state index is 0.120. The number of esters is 1. The molecule has 154 valence electrons. The molecule has 0 radical (unpaired) electrons. The van der Waals surface area contributed by atoms with Gasteiger partial charge in [0.15, 0.2) is 6.61 Å². The number of amides is 1. The topological polar surface area (TPSA) is 108 Å². The summed E-state index contributed by atoms with van der Waals surface area (Å²) < 4.78 is 10.1. The van der Waals surface area contributed by atoms with Crippen LogP contribution >= 0.6 is 0 Å². The third-order valence-electron chi connectivity index (χ3n) is 4.62. The molecule has 1 amide bonds. The quantitative estimate of drug-likeness (QED) is 0.362. The van der Waals surface area contributed by atoms with Crippen molar-refractivity contribution in [1.82, 2.24) is 5.32 Å². The number of fused-ring (bicyclic) bond motifs is 1. The predicted molar refractivity (Wildman–Crippen MR) is 110 cm³/mol. The van der Waals surface area contributed by atoms with E-state index in [4.69, 9.17) is 9.47 Å². The lowest BCUT2D eigenvalue weighted by Crippen LogP contribution is -2.31. The zero-order chi connectivity index (χ0) is 21.7. The van der Waals surface area contributed by atoms with Crippen molar-refractivity contribution in [3.63, 3.8) is 0 Å². The summed E-state index contributed by atoms with van der Waals surface area (Å²) in [4.78, 5) is 34.9. The van der Waals surface area contributed by atoms with Crippen LogP contribution in [0.25, 0.3) is 10.8 Å². The summed E-state index contributed by atoms with van der Waals surface area (Å²) in [6.07, 6.45) is 0. The summed E-state index contributed by atoms with van der Waals surface area (Å²) in [6.45, 7) is 1.31. The lowest BCUT2D eigenvalue weighted by atomic mass is 10.00. The molecule has 0 aliphatic rings. The van der Waals surface area contributed by atoms with E-state index in [2.05, 4.69) is 5.32 Å². The lowest BCUT2D eigenvalue weighted by molar-refractivity contribution is -0.384. The van der Waals surface area contributed by atoms with Gasteiger partial charge in [-0.3, -0.25) is 14.9 Å². The van der Waals surface area contributed by atoms with Crippen LogP contribution in [0.15, 0.2) is 60.7 Å². The number of carbonyl (C=O) groups excluding carboxylic acids is 2. The maximum atomic E-state index is 12.3. The fourth-order valence-electron chi connectivity index (χ4n) is 3.17. The number of nitro groups is 1. The highest BCUT2D eigenvalue weighted by Crippen LogP contribution is 2.25. The average Bonchev–Trinajstić information content (AvgIpc) is 2.76. The summed E-state index contributed by atoms with van der Waals surface area (Å²) in [7, 11) is 1.33. The van der Waals surface area contributed by atoms with E-state index in [0.29, 0.717) is 0 Å². The van der Waals surface area contributed by atoms with Gasteiger partial charge in [-0.25, -0.2) is 4.79 Å². The Morgan fingerprint density at radius 3 is 2.57 bits per heavy atom. The summed E-state index contributed by atoms with van der Waals surface area (Å²) >= 11 is 0. The molecule has 0 unspecified atom stereocenters. The van der Waals surface area contributed by atoms with Crippen LogP contribution in [-0.4, -0.2) is 30.5 Å². The van der Waals surface area contributed by atoms with Crippen LogP contribution in [0.4, 0.5) is 5.69 Å². The molecule has 8 nitrogen and oxygen atoms in total. The summed E-state index contributed by atoms with van der Waals surface area (Å²) in [5.74, 6) is -1.26. The van der Waals surface area contributed by atoms with Crippen LogP contribution in [0.1, 0.15) is 28.9 Å². The largest absolute Gasteiger partial charge is 0.496 e. The van der Waals surface area contributed by atoms with Gasteiger partial charge in [0.25, 0.3) is 11.6 Å². The van der Waals surface area contributed by atoms with Gasteiger partial charge in [-0.2, -0.15) is 0 Å². The van der Waals surface area contributed by atoms with Crippen molar-refractivity contribution in [1.29, 1.82) is 0 Å². The fourth-order valence-corrected chi connectivity index (χ4v) is 3.17. The summed E-state index contributed by atoms with van der Waals surface area (Å²) in [6, 6.07) is 16.9. The van der Waals surface area contributed by atoms with Crippen molar-refractivity contribution in [3.8, 4) is 5.75 Å². The predicted octanol–water partition coefficient (Wildman–Crippen LogP) is 3.79. The van der Waals surface area contributed by atoms with Gasteiger partial charge in [-0.15, -0.1) is 0 Å².